The molecule has 0 bridgehead atoms. The van der Waals surface area contributed by atoms with Crippen LogP contribution in [0.4, 0.5) is 4.39 Å². The molecule has 1 aromatic carbocycles. The fourth-order valence-electron chi connectivity index (χ4n) is 2.86. The molecule has 1 aromatic rings. The van der Waals surface area contributed by atoms with E-state index in [1.54, 1.807) is 0 Å². The first-order valence-electron chi connectivity index (χ1n) is 6.92. The van der Waals surface area contributed by atoms with Crippen LogP contribution in [0, 0.1) is 17.7 Å². The van der Waals surface area contributed by atoms with E-state index < -0.39 is 0 Å². The molecule has 2 atom stereocenters. The highest BCUT2D eigenvalue weighted by molar-refractivity contribution is 9.10. The summed E-state index contributed by atoms with van der Waals surface area (Å²) in [6.07, 6.45) is 1.23. The summed E-state index contributed by atoms with van der Waals surface area (Å²) in [5, 5.41) is 0. The lowest BCUT2D eigenvalue weighted by atomic mass is 9.95. The molecule has 4 heteroatoms. The summed E-state index contributed by atoms with van der Waals surface area (Å²) in [6.45, 7) is 7.30. The molecule has 106 valence electrons. The normalized spacial score (nSPS) is 22.1. The van der Waals surface area contributed by atoms with Crippen molar-refractivity contribution in [1.82, 2.24) is 4.90 Å². The van der Waals surface area contributed by atoms with Crippen LogP contribution < -0.4 is 5.73 Å². The smallest absolute Gasteiger partial charge is 0.137 e. The fourth-order valence-corrected chi connectivity index (χ4v) is 3.25. The summed E-state index contributed by atoms with van der Waals surface area (Å²) in [6, 6.07) is 5.41. The predicted molar refractivity (Wildman–Crippen MR) is 80.4 cm³/mol. The molecule has 0 radical (unpaired) electrons. The largest absolute Gasteiger partial charge is 0.329 e. The van der Waals surface area contributed by atoms with Crippen LogP contribution in [0.1, 0.15) is 31.9 Å². The summed E-state index contributed by atoms with van der Waals surface area (Å²) in [4.78, 5) is 2.43. The summed E-state index contributed by atoms with van der Waals surface area (Å²) >= 11 is 3.25. The van der Waals surface area contributed by atoms with Gasteiger partial charge >= 0.3 is 0 Å². The molecule has 19 heavy (non-hydrogen) atoms. The monoisotopic (exact) mass is 328 g/mol. The molecule has 1 saturated heterocycles. The van der Waals surface area contributed by atoms with Crippen molar-refractivity contribution in [2.24, 2.45) is 17.6 Å². The van der Waals surface area contributed by atoms with Gasteiger partial charge < -0.3 is 5.73 Å². The molecule has 1 fully saturated rings. The molecule has 0 saturated carbocycles. The first kappa shape index (κ1) is 14.9. The van der Waals surface area contributed by atoms with Crippen LogP contribution in [0.2, 0.25) is 0 Å². The number of nitrogens with two attached hydrogens (primary N) is 1. The van der Waals surface area contributed by atoms with Crippen LogP contribution >= 0.6 is 15.9 Å². The number of halogens is 2. The van der Waals surface area contributed by atoms with Crippen molar-refractivity contribution in [2.75, 3.05) is 19.6 Å². The minimum atomic E-state index is -0.221. The maximum Gasteiger partial charge on any atom is 0.137 e. The Balaban J connectivity index is 2.14. The second-order valence-corrected chi connectivity index (χ2v) is 6.57. The van der Waals surface area contributed by atoms with Gasteiger partial charge in [-0.2, -0.15) is 0 Å². The van der Waals surface area contributed by atoms with E-state index in [2.05, 4.69) is 34.7 Å². The van der Waals surface area contributed by atoms with E-state index >= 15 is 0 Å². The average molecular weight is 329 g/mol. The Morgan fingerprint density at radius 1 is 1.47 bits per heavy atom. The van der Waals surface area contributed by atoms with Gasteiger partial charge in [-0.25, -0.2) is 4.39 Å². The van der Waals surface area contributed by atoms with E-state index in [0.29, 0.717) is 16.9 Å². The summed E-state index contributed by atoms with van der Waals surface area (Å²) < 4.78 is 13.8. The van der Waals surface area contributed by atoms with Gasteiger partial charge in [-0.1, -0.05) is 19.9 Å². The Hall–Kier alpha value is -0.450. The maximum atomic E-state index is 13.3. The molecule has 2 N–H and O–H groups in total. The highest BCUT2D eigenvalue weighted by atomic mass is 79.9. The topological polar surface area (TPSA) is 29.3 Å². The van der Waals surface area contributed by atoms with E-state index in [4.69, 9.17) is 5.73 Å². The second kappa shape index (κ2) is 6.33. The van der Waals surface area contributed by atoms with Crippen LogP contribution in [0.15, 0.2) is 22.7 Å². The number of nitrogens with zero attached hydrogens (tertiary/aromatic N) is 1. The highest BCUT2D eigenvalue weighted by Crippen LogP contribution is 2.31. The zero-order valence-corrected chi connectivity index (χ0v) is 13.2. The van der Waals surface area contributed by atoms with Crippen LogP contribution in [-0.4, -0.2) is 24.5 Å². The zero-order chi connectivity index (χ0) is 14.0. The minimum absolute atomic E-state index is 0.195. The first-order valence-corrected chi connectivity index (χ1v) is 7.71. The third-order valence-corrected chi connectivity index (χ3v) is 4.80. The van der Waals surface area contributed by atoms with Crippen molar-refractivity contribution < 1.29 is 4.39 Å². The van der Waals surface area contributed by atoms with Gasteiger partial charge in [0.05, 0.1) is 4.47 Å². The number of rotatable bonds is 4. The molecule has 2 nitrogen and oxygen atoms in total. The third kappa shape index (κ3) is 3.36. The van der Waals surface area contributed by atoms with Gasteiger partial charge in [-0.05, 0) is 58.4 Å². The van der Waals surface area contributed by atoms with Gasteiger partial charge in [0.25, 0.3) is 0 Å². The Kier molecular flexibility index (Phi) is 4.98. The number of hydrogen-bond acceptors (Lipinski definition) is 2. The summed E-state index contributed by atoms with van der Waals surface area (Å²) in [5.74, 6) is 1.24. The lowest BCUT2D eigenvalue weighted by Gasteiger charge is -2.28. The predicted octanol–water partition coefficient (Wildman–Crippen LogP) is 3.57. The number of hydrogen-bond donors (Lipinski definition) is 1. The van der Waals surface area contributed by atoms with Gasteiger partial charge in [0, 0.05) is 19.1 Å². The van der Waals surface area contributed by atoms with Crippen molar-refractivity contribution in [3.63, 3.8) is 0 Å². The first-order chi connectivity index (χ1) is 9.02. The SMILES string of the molecule is CC(C)C1CCN(C(CN)c2ccc(F)c(Br)c2)C1. The van der Waals surface area contributed by atoms with Gasteiger partial charge in [0.15, 0.2) is 0 Å². The Morgan fingerprint density at radius 3 is 2.74 bits per heavy atom. The minimum Gasteiger partial charge on any atom is -0.329 e. The van der Waals surface area contributed by atoms with Crippen molar-refractivity contribution in [3.05, 3.63) is 34.1 Å². The molecule has 1 aliphatic rings. The van der Waals surface area contributed by atoms with E-state index in [-0.39, 0.29) is 11.9 Å². The summed E-state index contributed by atoms with van der Waals surface area (Å²) in [5.41, 5.74) is 7.04. The lowest BCUT2D eigenvalue weighted by Crippen LogP contribution is -2.32. The van der Waals surface area contributed by atoms with Gasteiger partial charge in [-0.15, -0.1) is 0 Å². The molecule has 2 unspecified atom stereocenters. The fraction of sp³-hybridized carbons (Fsp3) is 0.600. The quantitative estimate of drug-likeness (QED) is 0.915. The molecule has 1 heterocycles. The van der Waals surface area contributed by atoms with E-state index in [9.17, 15) is 4.39 Å². The molecule has 1 aliphatic heterocycles. The van der Waals surface area contributed by atoms with Gasteiger partial charge in [0.2, 0.25) is 0 Å². The van der Waals surface area contributed by atoms with Crippen LogP contribution in [0.25, 0.3) is 0 Å². The molecule has 0 spiro atoms. The van der Waals surface area contributed by atoms with Crippen molar-refractivity contribution in [3.8, 4) is 0 Å². The van der Waals surface area contributed by atoms with Gasteiger partial charge in [0.1, 0.15) is 5.82 Å². The lowest BCUT2D eigenvalue weighted by molar-refractivity contribution is 0.232. The average Bonchev–Trinajstić information content (AvgIpc) is 2.84. The molecule has 2 rings (SSSR count). The van der Waals surface area contributed by atoms with Crippen LogP contribution in [-0.2, 0) is 0 Å². The Bertz CT molecular complexity index is 436. The molecule has 0 aliphatic carbocycles. The van der Waals surface area contributed by atoms with E-state index in [1.165, 1.54) is 12.5 Å². The molecular weight excluding hydrogens is 307 g/mol. The number of benzene rings is 1. The zero-order valence-electron chi connectivity index (χ0n) is 11.6. The highest BCUT2D eigenvalue weighted by Gasteiger charge is 2.30. The van der Waals surface area contributed by atoms with Crippen molar-refractivity contribution >= 4 is 15.9 Å². The van der Waals surface area contributed by atoms with E-state index in [1.807, 2.05) is 12.1 Å². The van der Waals surface area contributed by atoms with Crippen LogP contribution in [0.3, 0.4) is 0 Å². The summed E-state index contributed by atoms with van der Waals surface area (Å²) in [7, 11) is 0. The number of likely N-dealkylation sites (tertiary alicyclic amines) is 1. The maximum absolute atomic E-state index is 13.3. The molecule has 0 aromatic heterocycles. The molecule has 0 amide bonds. The van der Waals surface area contributed by atoms with Crippen molar-refractivity contribution in [2.45, 2.75) is 26.3 Å². The van der Waals surface area contributed by atoms with Crippen molar-refractivity contribution in [1.29, 1.82) is 0 Å². The Morgan fingerprint density at radius 2 is 2.21 bits per heavy atom. The van der Waals surface area contributed by atoms with E-state index in [0.717, 1.165) is 24.6 Å². The van der Waals surface area contributed by atoms with Gasteiger partial charge in [-0.3, -0.25) is 4.90 Å². The van der Waals surface area contributed by atoms with Crippen LogP contribution in [0.5, 0.6) is 0 Å². The standard InChI is InChI=1S/C15H22BrFN2/c1-10(2)12-5-6-19(9-12)15(8-18)11-3-4-14(17)13(16)7-11/h3-4,7,10,12,15H,5-6,8-9,18H2,1-2H3. The Labute approximate surface area is 123 Å². The second-order valence-electron chi connectivity index (χ2n) is 5.71. The third-order valence-electron chi connectivity index (χ3n) is 4.19. The molecular formula is C15H22BrFN2.